The Morgan fingerprint density at radius 2 is 2.10 bits per heavy atom. The van der Waals surface area contributed by atoms with Crippen molar-refractivity contribution in [3.05, 3.63) is 35.9 Å². The number of aliphatic hydroxyl groups excluding tert-OH is 1. The number of benzene rings is 1. The lowest BCUT2D eigenvalue weighted by atomic mass is 9.84. The van der Waals surface area contributed by atoms with Crippen molar-refractivity contribution in [3.8, 4) is 0 Å². The van der Waals surface area contributed by atoms with E-state index >= 15 is 0 Å². The number of aliphatic hydroxyl groups is 1. The molecule has 3 N–H and O–H groups in total. The topological polar surface area (TPSA) is 69.1 Å². The van der Waals surface area contributed by atoms with E-state index in [0.717, 1.165) is 51.6 Å². The molecule has 2 atom stereocenters. The van der Waals surface area contributed by atoms with Crippen LogP contribution in [-0.4, -0.2) is 68.0 Å². The molecule has 0 radical (unpaired) electrons. The van der Waals surface area contributed by atoms with Crippen molar-refractivity contribution in [3.63, 3.8) is 0 Å². The zero-order valence-corrected chi connectivity index (χ0v) is 20.6. The summed E-state index contributed by atoms with van der Waals surface area (Å²) >= 11 is 0. The van der Waals surface area contributed by atoms with Gasteiger partial charge in [-0.3, -0.25) is 9.89 Å². The molecule has 0 bridgehead atoms. The molecule has 30 heavy (non-hydrogen) atoms. The molecule has 7 heteroatoms. The molecule has 3 rings (SSSR count). The van der Waals surface area contributed by atoms with Crippen LogP contribution >= 0.6 is 24.0 Å². The van der Waals surface area contributed by atoms with Crippen LogP contribution in [-0.2, 0) is 11.3 Å². The van der Waals surface area contributed by atoms with E-state index in [1.807, 2.05) is 0 Å². The molecule has 0 spiro atoms. The van der Waals surface area contributed by atoms with Crippen LogP contribution in [0.3, 0.4) is 0 Å². The molecule has 2 heterocycles. The second kappa shape index (κ2) is 13.5. The minimum absolute atomic E-state index is 0. The molecule has 6 nitrogen and oxygen atoms in total. The molecule has 0 aliphatic carbocycles. The maximum atomic E-state index is 9.44. The maximum Gasteiger partial charge on any atom is 0.191 e. The van der Waals surface area contributed by atoms with Crippen molar-refractivity contribution >= 4 is 29.9 Å². The third-order valence-electron chi connectivity index (χ3n) is 6.23. The van der Waals surface area contributed by atoms with Crippen molar-refractivity contribution in [2.45, 2.75) is 51.6 Å². The van der Waals surface area contributed by atoms with Gasteiger partial charge in [0.1, 0.15) is 0 Å². The summed E-state index contributed by atoms with van der Waals surface area (Å²) in [7, 11) is 0. The monoisotopic (exact) mass is 530 g/mol. The highest BCUT2D eigenvalue weighted by Gasteiger charge is 2.34. The number of hydrogen-bond donors (Lipinski definition) is 3. The van der Waals surface area contributed by atoms with Crippen LogP contribution in [0.15, 0.2) is 35.3 Å². The zero-order chi connectivity index (χ0) is 20.4. The Hall–Kier alpha value is -0.900. The fourth-order valence-corrected chi connectivity index (χ4v) is 4.41. The molecule has 1 aromatic carbocycles. The first-order chi connectivity index (χ1) is 14.2. The molecule has 170 valence electrons. The number of piperidine rings is 1. The van der Waals surface area contributed by atoms with E-state index in [0.29, 0.717) is 19.2 Å². The second-order valence-corrected chi connectivity index (χ2v) is 8.46. The van der Waals surface area contributed by atoms with Crippen LogP contribution in [0.5, 0.6) is 0 Å². The van der Waals surface area contributed by atoms with Gasteiger partial charge in [-0.25, -0.2) is 0 Å². The van der Waals surface area contributed by atoms with Gasteiger partial charge in [0.15, 0.2) is 5.96 Å². The Labute approximate surface area is 198 Å². The Balaban J connectivity index is 0.00000320. The van der Waals surface area contributed by atoms with Gasteiger partial charge >= 0.3 is 0 Å². The Kier molecular flexibility index (Phi) is 11.4. The number of guanidine groups is 1. The number of aliphatic imine (C=N–C) groups is 1. The van der Waals surface area contributed by atoms with E-state index in [4.69, 9.17) is 9.73 Å². The highest BCUT2D eigenvalue weighted by Crippen LogP contribution is 2.32. The van der Waals surface area contributed by atoms with Crippen LogP contribution in [0.25, 0.3) is 0 Å². The van der Waals surface area contributed by atoms with Gasteiger partial charge in [0.25, 0.3) is 0 Å². The van der Waals surface area contributed by atoms with Crippen molar-refractivity contribution in [1.82, 2.24) is 15.5 Å². The average molecular weight is 530 g/mol. The molecule has 2 unspecified atom stereocenters. The molecule has 0 aromatic heterocycles. The second-order valence-electron chi connectivity index (χ2n) is 8.46. The van der Waals surface area contributed by atoms with E-state index < -0.39 is 0 Å². The molecule has 0 amide bonds. The lowest BCUT2D eigenvalue weighted by Crippen LogP contribution is -2.49. The predicted molar refractivity (Wildman–Crippen MR) is 133 cm³/mol. The molecular formula is C23H39IN4O2. The van der Waals surface area contributed by atoms with Gasteiger partial charge in [-0.15, -0.1) is 24.0 Å². The van der Waals surface area contributed by atoms with Crippen LogP contribution in [0.4, 0.5) is 0 Å². The predicted octanol–water partition coefficient (Wildman–Crippen LogP) is 3.00. The third kappa shape index (κ3) is 7.66. The van der Waals surface area contributed by atoms with Crippen LogP contribution < -0.4 is 10.6 Å². The Morgan fingerprint density at radius 3 is 2.80 bits per heavy atom. The van der Waals surface area contributed by atoms with Gasteiger partial charge in [0, 0.05) is 44.3 Å². The van der Waals surface area contributed by atoms with Crippen LogP contribution in [0.2, 0.25) is 0 Å². The quantitative estimate of drug-likeness (QED) is 0.260. The van der Waals surface area contributed by atoms with Gasteiger partial charge in [-0.2, -0.15) is 0 Å². The molecule has 2 aliphatic rings. The summed E-state index contributed by atoms with van der Waals surface area (Å²) in [4.78, 5) is 7.47. The Morgan fingerprint density at radius 1 is 1.27 bits per heavy atom. The molecule has 2 saturated heterocycles. The first kappa shape index (κ1) is 25.4. The van der Waals surface area contributed by atoms with Gasteiger partial charge < -0.3 is 20.5 Å². The van der Waals surface area contributed by atoms with Crippen LogP contribution in [0, 0.1) is 5.41 Å². The summed E-state index contributed by atoms with van der Waals surface area (Å²) in [5.41, 5.74) is 1.37. The fraction of sp³-hybridized carbons (Fsp3) is 0.696. The van der Waals surface area contributed by atoms with E-state index in [2.05, 4.69) is 52.8 Å². The van der Waals surface area contributed by atoms with Crippen LogP contribution in [0.1, 0.15) is 44.6 Å². The van der Waals surface area contributed by atoms with Crippen molar-refractivity contribution in [2.24, 2.45) is 10.4 Å². The van der Waals surface area contributed by atoms with Gasteiger partial charge in [-0.05, 0) is 44.7 Å². The molecule has 1 aromatic rings. The van der Waals surface area contributed by atoms with Crippen molar-refractivity contribution in [1.29, 1.82) is 0 Å². The third-order valence-corrected chi connectivity index (χ3v) is 6.23. The summed E-state index contributed by atoms with van der Waals surface area (Å²) < 4.78 is 5.60. The fourth-order valence-electron chi connectivity index (χ4n) is 4.41. The summed E-state index contributed by atoms with van der Waals surface area (Å²) in [6.45, 7) is 8.38. The highest BCUT2D eigenvalue weighted by molar-refractivity contribution is 14.0. The average Bonchev–Trinajstić information content (AvgIpc) is 3.21. The summed E-state index contributed by atoms with van der Waals surface area (Å²) in [6.07, 6.45) is 5.53. The lowest BCUT2D eigenvalue weighted by molar-refractivity contribution is 0.131. The standard InChI is InChI=1S/C23H38N4O2.HI/c1-2-24-22(26-18-23(11-14-28)12-15-29-19-23)25-16-21-10-6-7-13-27(21)17-20-8-4-3-5-9-20;/h3-5,8-9,21,28H,2,6-7,10-19H2,1H3,(H2,24,25,26);1H. The minimum Gasteiger partial charge on any atom is -0.396 e. The molecular weight excluding hydrogens is 491 g/mol. The largest absolute Gasteiger partial charge is 0.396 e. The first-order valence-electron chi connectivity index (χ1n) is 11.2. The number of nitrogens with one attached hydrogen (secondary N) is 2. The van der Waals surface area contributed by atoms with E-state index in [-0.39, 0.29) is 36.0 Å². The summed E-state index contributed by atoms with van der Waals surface area (Å²) in [5, 5.41) is 16.4. The minimum atomic E-state index is -0.0126. The van der Waals surface area contributed by atoms with Gasteiger partial charge in [0.2, 0.25) is 0 Å². The van der Waals surface area contributed by atoms with Gasteiger partial charge in [-0.1, -0.05) is 36.8 Å². The normalized spacial score (nSPS) is 25.0. The molecule has 2 aliphatic heterocycles. The van der Waals surface area contributed by atoms with Crippen molar-refractivity contribution < 1.29 is 9.84 Å². The number of ether oxygens (including phenoxy) is 1. The Bertz CT molecular complexity index is 623. The number of hydrogen-bond acceptors (Lipinski definition) is 4. The smallest absolute Gasteiger partial charge is 0.191 e. The van der Waals surface area contributed by atoms with Gasteiger partial charge in [0.05, 0.1) is 13.2 Å². The summed E-state index contributed by atoms with van der Waals surface area (Å²) in [6, 6.07) is 11.3. The zero-order valence-electron chi connectivity index (χ0n) is 18.3. The number of likely N-dealkylation sites (tertiary alicyclic amines) is 1. The number of rotatable bonds is 9. The number of nitrogens with zero attached hydrogens (tertiary/aromatic N) is 2. The van der Waals surface area contributed by atoms with E-state index in [9.17, 15) is 5.11 Å². The van der Waals surface area contributed by atoms with E-state index in [1.165, 1.54) is 24.8 Å². The SMILES string of the molecule is CCNC(=NCC1(CCO)CCOC1)NCC1CCCCN1Cc1ccccc1.I. The molecule has 2 fully saturated rings. The van der Waals surface area contributed by atoms with Crippen molar-refractivity contribution in [2.75, 3.05) is 46.0 Å². The first-order valence-corrected chi connectivity index (χ1v) is 11.2. The molecule has 0 saturated carbocycles. The lowest BCUT2D eigenvalue weighted by Gasteiger charge is -2.36. The maximum absolute atomic E-state index is 9.44. The number of halogens is 1. The summed E-state index contributed by atoms with van der Waals surface area (Å²) in [5.74, 6) is 0.877. The van der Waals surface area contributed by atoms with E-state index in [1.54, 1.807) is 0 Å². The highest BCUT2D eigenvalue weighted by atomic mass is 127.